The highest BCUT2D eigenvalue weighted by Crippen LogP contribution is 1.95. The van der Waals surface area contributed by atoms with Gasteiger partial charge in [0, 0.05) is 12.3 Å². The van der Waals surface area contributed by atoms with E-state index in [0.717, 1.165) is 37.8 Å². The van der Waals surface area contributed by atoms with Crippen LogP contribution >= 0.6 is 12.6 Å². The van der Waals surface area contributed by atoms with Gasteiger partial charge in [0.15, 0.2) is 0 Å². The third kappa shape index (κ3) is 12.3. The van der Waals surface area contributed by atoms with Crippen LogP contribution in [0.3, 0.4) is 0 Å². The average molecular weight is 204 g/mol. The van der Waals surface area contributed by atoms with E-state index in [1.165, 1.54) is 12.8 Å². The van der Waals surface area contributed by atoms with Crippen molar-refractivity contribution in [1.82, 2.24) is 10.6 Å². The molecule has 0 saturated carbocycles. The monoisotopic (exact) mass is 204 g/mol. The van der Waals surface area contributed by atoms with Crippen LogP contribution < -0.4 is 10.6 Å². The van der Waals surface area contributed by atoms with Crippen molar-refractivity contribution in [3.63, 3.8) is 0 Å². The van der Waals surface area contributed by atoms with Crippen LogP contribution in [0.1, 0.15) is 26.7 Å². The Morgan fingerprint density at radius 3 is 2.15 bits per heavy atom. The molecule has 0 aliphatic heterocycles. The van der Waals surface area contributed by atoms with Crippen molar-refractivity contribution in [3.8, 4) is 0 Å². The highest BCUT2D eigenvalue weighted by Gasteiger charge is 1.92. The highest BCUT2D eigenvalue weighted by atomic mass is 32.1. The van der Waals surface area contributed by atoms with E-state index in [4.69, 9.17) is 0 Å². The van der Waals surface area contributed by atoms with Crippen LogP contribution in [-0.2, 0) is 0 Å². The van der Waals surface area contributed by atoms with Crippen molar-refractivity contribution in [1.29, 1.82) is 0 Å². The van der Waals surface area contributed by atoms with Gasteiger partial charge in [0.1, 0.15) is 0 Å². The summed E-state index contributed by atoms with van der Waals surface area (Å²) in [6.07, 6.45) is 2.50. The molecule has 0 aromatic heterocycles. The minimum atomic E-state index is 0.815. The molecule has 80 valence electrons. The van der Waals surface area contributed by atoms with Gasteiger partial charge in [0.25, 0.3) is 0 Å². The van der Waals surface area contributed by atoms with E-state index in [2.05, 4.69) is 37.1 Å². The molecule has 0 bridgehead atoms. The third-order valence-electron chi connectivity index (χ3n) is 1.89. The zero-order valence-electron chi connectivity index (χ0n) is 8.97. The molecule has 3 heteroatoms. The van der Waals surface area contributed by atoms with Crippen LogP contribution in [0.25, 0.3) is 0 Å². The Kier molecular flexibility index (Phi) is 10.6. The molecule has 0 radical (unpaired) electrons. The van der Waals surface area contributed by atoms with E-state index in [1.54, 1.807) is 0 Å². The molecule has 0 unspecified atom stereocenters. The molecule has 0 fully saturated rings. The van der Waals surface area contributed by atoms with Gasteiger partial charge in [0.05, 0.1) is 0 Å². The lowest BCUT2D eigenvalue weighted by Crippen LogP contribution is -2.24. The molecule has 2 N–H and O–H groups in total. The lowest BCUT2D eigenvalue weighted by Gasteiger charge is -2.07. The Bertz CT molecular complexity index is 96.9. The van der Waals surface area contributed by atoms with Gasteiger partial charge < -0.3 is 10.6 Å². The molecular weight excluding hydrogens is 180 g/mol. The summed E-state index contributed by atoms with van der Waals surface area (Å²) < 4.78 is 0. The van der Waals surface area contributed by atoms with Crippen molar-refractivity contribution >= 4 is 12.6 Å². The maximum atomic E-state index is 4.12. The maximum absolute atomic E-state index is 4.12. The zero-order chi connectivity index (χ0) is 9.94. The molecule has 0 rings (SSSR count). The molecule has 0 aliphatic rings. The molecule has 0 aromatic carbocycles. The van der Waals surface area contributed by atoms with Crippen molar-refractivity contribution in [2.45, 2.75) is 26.7 Å². The minimum absolute atomic E-state index is 0.815. The summed E-state index contributed by atoms with van der Waals surface area (Å²) in [4.78, 5) is 0. The molecule has 0 saturated heterocycles. The Morgan fingerprint density at radius 1 is 1.00 bits per heavy atom. The van der Waals surface area contributed by atoms with E-state index >= 15 is 0 Å². The lowest BCUT2D eigenvalue weighted by molar-refractivity contribution is 0.526. The zero-order valence-corrected chi connectivity index (χ0v) is 9.87. The third-order valence-corrected chi connectivity index (χ3v) is 2.12. The number of hydrogen-bond acceptors (Lipinski definition) is 3. The van der Waals surface area contributed by atoms with Gasteiger partial charge in [-0.05, 0) is 38.4 Å². The fourth-order valence-electron chi connectivity index (χ4n) is 1.06. The minimum Gasteiger partial charge on any atom is -0.317 e. The van der Waals surface area contributed by atoms with Crippen molar-refractivity contribution < 1.29 is 0 Å². The van der Waals surface area contributed by atoms with Crippen LogP contribution in [0, 0.1) is 5.92 Å². The van der Waals surface area contributed by atoms with Crippen molar-refractivity contribution in [2.75, 3.05) is 31.9 Å². The highest BCUT2D eigenvalue weighted by molar-refractivity contribution is 7.80. The van der Waals surface area contributed by atoms with E-state index in [1.807, 2.05) is 0 Å². The standard InChI is InChI=1S/C10H24N2S/c1-10(2)4-7-11-5-3-6-12-8-9-13/h10-13H,3-9H2,1-2H3. The molecule has 0 spiro atoms. The van der Waals surface area contributed by atoms with Crippen LogP contribution in [-0.4, -0.2) is 31.9 Å². The number of rotatable bonds is 9. The van der Waals surface area contributed by atoms with Gasteiger partial charge in [-0.2, -0.15) is 12.6 Å². The van der Waals surface area contributed by atoms with Crippen LogP contribution in [0.15, 0.2) is 0 Å². The van der Waals surface area contributed by atoms with Crippen LogP contribution in [0.5, 0.6) is 0 Å². The second-order valence-corrected chi connectivity index (χ2v) is 4.21. The number of hydrogen-bond donors (Lipinski definition) is 3. The lowest BCUT2D eigenvalue weighted by atomic mass is 10.1. The van der Waals surface area contributed by atoms with Crippen LogP contribution in [0.4, 0.5) is 0 Å². The second kappa shape index (κ2) is 10.4. The summed E-state index contributed by atoms with van der Waals surface area (Å²) in [5, 5.41) is 6.75. The fourth-order valence-corrected chi connectivity index (χ4v) is 1.22. The van der Waals surface area contributed by atoms with Gasteiger partial charge in [0.2, 0.25) is 0 Å². The van der Waals surface area contributed by atoms with Gasteiger partial charge in [-0.15, -0.1) is 0 Å². The van der Waals surface area contributed by atoms with Crippen molar-refractivity contribution in [3.05, 3.63) is 0 Å². The molecule has 0 heterocycles. The summed E-state index contributed by atoms with van der Waals surface area (Å²) >= 11 is 4.12. The smallest absolute Gasteiger partial charge is 0.00397 e. The number of nitrogens with one attached hydrogen (secondary N) is 2. The molecule has 0 aromatic rings. The topological polar surface area (TPSA) is 24.1 Å². The Morgan fingerprint density at radius 2 is 1.62 bits per heavy atom. The van der Waals surface area contributed by atoms with Gasteiger partial charge >= 0.3 is 0 Å². The first-order chi connectivity index (χ1) is 6.27. The summed E-state index contributed by atoms with van der Waals surface area (Å²) in [7, 11) is 0. The normalized spacial score (nSPS) is 11.1. The molecule has 0 atom stereocenters. The van der Waals surface area contributed by atoms with Gasteiger partial charge in [-0.1, -0.05) is 13.8 Å². The second-order valence-electron chi connectivity index (χ2n) is 3.76. The van der Waals surface area contributed by atoms with E-state index < -0.39 is 0 Å². The quantitative estimate of drug-likeness (QED) is 0.392. The predicted octanol–water partition coefficient (Wildman–Crippen LogP) is 1.53. The fraction of sp³-hybridized carbons (Fsp3) is 1.00. The van der Waals surface area contributed by atoms with Gasteiger partial charge in [-0.3, -0.25) is 0 Å². The molecular formula is C10H24N2S. The SMILES string of the molecule is CC(C)CCNCCCNCCS. The summed E-state index contributed by atoms with van der Waals surface area (Å²) in [5.74, 6) is 1.75. The molecule has 0 aliphatic carbocycles. The predicted molar refractivity (Wildman–Crippen MR) is 63.7 cm³/mol. The van der Waals surface area contributed by atoms with E-state index in [0.29, 0.717) is 0 Å². The Hall–Kier alpha value is 0.270. The van der Waals surface area contributed by atoms with E-state index in [9.17, 15) is 0 Å². The molecule has 2 nitrogen and oxygen atoms in total. The van der Waals surface area contributed by atoms with Crippen LogP contribution in [0.2, 0.25) is 0 Å². The summed E-state index contributed by atoms with van der Waals surface area (Å²) in [5.41, 5.74) is 0. The first kappa shape index (κ1) is 13.3. The first-order valence-corrected chi connectivity index (χ1v) is 5.93. The largest absolute Gasteiger partial charge is 0.317 e. The van der Waals surface area contributed by atoms with E-state index in [-0.39, 0.29) is 0 Å². The Balaban J connectivity index is 2.84. The Labute approximate surface area is 88.3 Å². The number of thiol groups is 1. The van der Waals surface area contributed by atoms with Gasteiger partial charge in [-0.25, -0.2) is 0 Å². The maximum Gasteiger partial charge on any atom is 0.00397 e. The molecule has 0 amide bonds. The molecule has 13 heavy (non-hydrogen) atoms. The average Bonchev–Trinajstić information content (AvgIpc) is 2.09. The van der Waals surface area contributed by atoms with Crippen molar-refractivity contribution in [2.24, 2.45) is 5.92 Å². The summed E-state index contributed by atoms with van der Waals surface area (Å²) in [6.45, 7) is 8.94. The summed E-state index contributed by atoms with van der Waals surface area (Å²) in [6, 6.07) is 0. The first-order valence-electron chi connectivity index (χ1n) is 5.29.